The van der Waals surface area contributed by atoms with Crippen LogP contribution in [-0.2, 0) is 10.2 Å². The molecule has 0 unspecified atom stereocenters. The van der Waals surface area contributed by atoms with Crippen LogP contribution in [0.4, 0.5) is 0 Å². The highest BCUT2D eigenvalue weighted by molar-refractivity contribution is 9.11. The monoisotopic (exact) mass is 290 g/mol. The summed E-state index contributed by atoms with van der Waals surface area (Å²) in [6.45, 7) is 8.49. The highest BCUT2D eigenvalue weighted by atomic mass is 79.9. The second kappa shape index (κ2) is 4.66. The van der Waals surface area contributed by atoms with Crippen molar-refractivity contribution in [3.63, 3.8) is 0 Å². The molecule has 0 radical (unpaired) electrons. The zero-order chi connectivity index (χ0) is 11.6. The zero-order valence-corrected chi connectivity index (χ0v) is 11.8. The molecule has 0 fully saturated rings. The minimum absolute atomic E-state index is 0.0371. The van der Waals surface area contributed by atoms with Gasteiger partial charge in [0.2, 0.25) is 0 Å². The van der Waals surface area contributed by atoms with Crippen LogP contribution >= 0.6 is 27.3 Å². The molecule has 0 saturated heterocycles. The molecule has 0 bridgehead atoms. The Morgan fingerprint density at radius 1 is 1.53 bits per heavy atom. The number of hydrogen-bond acceptors (Lipinski definition) is 3. The molecule has 0 atom stereocenters. The Hall–Kier alpha value is -0.350. The Labute approximate surface area is 103 Å². The molecular formula is C11H15BrO2S. The molecule has 0 saturated carbocycles. The van der Waals surface area contributed by atoms with Crippen molar-refractivity contribution in [2.75, 3.05) is 6.61 Å². The first-order valence-corrected chi connectivity index (χ1v) is 6.44. The van der Waals surface area contributed by atoms with Crippen LogP contribution in [-0.4, -0.2) is 12.6 Å². The summed E-state index contributed by atoms with van der Waals surface area (Å²) in [6.07, 6.45) is 0. The van der Waals surface area contributed by atoms with E-state index >= 15 is 0 Å². The number of carbonyl (C=O) groups excluding carboxylic acids is 1. The summed E-state index contributed by atoms with van der Waals surface area (Å²) in [4.78, 5) is 12.4. The van der Waals surface area contributed by atoms with Crippen molar-refractivity contribution in [3.05, 3.63) is 20.3 Å². The van der Waals surface area contributed by atoms with E-state index in [-0.39, 0.29) is 11.4 Å². The predicted octanol–water partition coefficient (Wildman–Crippen LogP) is 3.98. The zero-order valence-electron chi connectivity index (χ0n) is 9.39. The standard InChI is InChI=1S/C11H15BrO2S/c1-5-14-10(13)9-7(11(2,3)4)6-8(12)15-9/h6H,5H2,1-4H3. The lowest BCUT2D eigenvalue weighted by atomic mass is 9.87. The highest BCUT2D eigenvalue weighted by Crippen LogP contribution is 2.35. The van der Waals surface area contributed by atoms with Crippen LogP contribution in [0.15, 0.2) is 9.85 Å². The van der Waals surface area contributed by atoms with E-state index in [4.69, 9.17) is 4.74 Å². The van der Waals surface area contributed by atoms with Crippen molar-refractivity contribution in [1.29, 1.82) is 0 Å². The first-order valence-electron chi connectivity index (χ1n) is 4.83. The quantitative estimate of drug-likeness (QED) is 0.770. The first kappa shape index (κ1) is 12.7. The summed E-state index contributed by atoms with van der Waals surface area (Å²) < 4.78 is 6.00. The van der Waals surface area contributed by atoms with E-state index in [2.05, 4.69) is 36.7 Å². The second-order valence-corrected chi connectivity index (χ2v) is 6.70. The average molecular weight is 291 g/mol. The Morgan fingerprint density at radius 3 is 2.60 bits per heavy atom. The van der Waals surface area contributed by atoms with Gasteiger partial charge in [0.1, 0.15) is 4.88 Å². The fraction of sp³-hybridized carbons (Fsp3) is 0.545. The van der Waals surface area contributed by atoms with Crippen molar-refractivity contribution in [2.24, 2.45) is 0 Å². The lowest BCUT2D eigenvalue weighted by Gasteiger charge is -2.18. The first-order chi connectivity index (χ1) is 6.86. The van der Waals surface area contributed by atoms with Gasteiger partial charge in [-0.05, 0) is 39.9 Å². The minimum atomic E-state index is -0.224. The minimum Gasteiger partial charge on any atom is -0.462 e. The van der Waals surface area contributed by atoms with E-state index in [0.717, 1.165) is 9.35 Å². The van der Waals surface area contributed by atoms with E-state index in [9.17, 15) is 4.79 Å². The molecule has 0 aromatic carbocycles. The Kier molecular flexibility index (Phi) is 3.95. The largest absolute Gasteiger partial charge is 0.462 e. The lowest BCUT2D eigenvalue weighted by molar-refractivity contribution is 0.0529. The van der Waals surface area contributed by atoms with Gasteiger partial charge < -0.3 is 4.74 Å². The topological polar surface area (TPSA) is 26.3 Å². The molecule has 0 aliphatic rings. The predicted molar refractivity (Wildman–Crippen MR) is 66.7 cm³/mol. The fourth-order valence-electron chi connectivity index (χ4n) is 1.27. The number of halogens is 1. The third-order valence-electron chi connectivity index (χ3n) is 1.97. The number of rotatable bonds is 2. The van der Waals surface area contributed by atoms with E-state index in [1.165, 1.54) is 11.3 Å². The van der Waals surface area contributed by atoms with Gasteiger partial charge in [-0.25, -0.2) is 4.79 Å². The van der Waals surface area contributed by atoms with E-state index in [1.807, 2.05) is 13.0 Å². The molecule has 1 aromatic heterocycles. The lowest BCUT2D eigenvalue weighted by Crippen LogP contribution is -2.15. The molecule has 1 aromatic rings. The van der Waals surface area contributed by atoms with Crippen LogP contribution in [0.25, 0.3) is 0 Å². The van der Waals surface area contributed by atoms with Crippen molar-refractivity contribution < 1.29 is 9.53 Å². The molecule has 1 rings (SSSR count). The van der Waals surface area contributed by atoms with Gasteiger partial charge in [0, 0.05) is 0 Å². The molecule has 0 N–H and O–H groups in total. The third kappa shape index (κ3) is 3.05. The summed E-state index contributed by atoms with van der Waals surface area (Å²) in [7, 11) is 0. The van der Waals surface area contributed by atoms with Gasteiger partial charge in [-0.1, -0.05) is 20.8 Å². The maximum atomic E-state index is 11.7. The second-order valence-electron chi connectivity index (χ2n) is 4.26. The highest BCUT2D eigenvalue weighted by Gasteiger charge is 2.25. The summed E-state index contributed by atoms with van der Waals surface area (Å²) in [5.41, 5.74) is 1.00. The van der Waals surface area contributed by atoms with Crippen molar-refractivity contribution in [2.45, 2.75) is 33.1 Å². The smallest absolute Gasteiger partial charge is 0.348 e. The molecule has 84 valence electrons. The van der Waals surface area contributed by atoms with Crippen molar-refractivity contribution >= 4 is 33.2 Å². The van der Waals surface area contributed by atoms with Crippen molar-refractivity contribution in [3.8, 4) is 0 Å². The van der Waals surface area contributed by atoms with Gasteiger partial charge in [0.05, 0.1) is 10.4 Å². The number of ether oxygens (including phenoxy) is 1. The van der Waals surface area contributed by atoms with Crippen LogP contribution < -0.4 is 0 Å². The van der Waals surface area contributed by atoms with Gasteiger partial charge in [-0.3, -0.25) is 0 Å². The molecule has 0 aliphatic carbocycles. The summed E-state index contributed by atoms with van der Waals surface area (Å²) in [6, 6.07) is 2.00. The maximum Gasteiger partial charge on any atom is 0.348 e. The molecule has 4 heteroatoms. The van der Waals surface area contributed by atoms with E-state index in [1.54, 1.807) is 0 Å². The summed E-state index contributed by atoms with van der Waals surface area (Å²) in [5.74, 6) is -0.224. The van der Waals surface area contributed by atoms with E-state index < -0.39 is 0 Å². The molecule has 0 aliphatic heterocycles. The van der Waals surface area contributed by atoms with Crippen molar-refractivity contribution in [1.82, 2.24) is 0 Å². The van der Waals surface area contributed by atoms with Crippen LogP contribution in [0.1, 0.15) is 42.9 Å². The third-order valence-corrected chi connectivity index (χ3v) is 3.59. The van der Waals surface area contributed by atoms with Crippen LogP contribution in [0.2, 0.25) is 0 Å². The SMILES string of the molecule is CCOC(=O)c1sc(Br)cc1C(C)(C)C. The normalized spacial score (nSPS) is 11.5. The van der Waals surface area contributed by atoms with Crippen LogP contribution in [0.3, 0.4) is 0 Å². The number of hydrogen-bond donors (Lipinski definition) is 0. The Morgan fingerprint density at radius 2 is 2.13 bits per heavy atom. The van der Waals surface area contributed by atoms with Gasteiger partial charge in [-0.2, -0.15) is 0 Å². The number of carbonyl (C=O) groups is 1. The van der Waals surface area contributed by atoms with E-state index in [0.29, 0.717) is 11.5 Å². The number of thiophene rings is 1. The molecular weight excluding hydrogens is 276 g/mol. The maximum absolute atomic E-state index is 11.7. The Balaban J connectivity index is 3.12. The van der Waals surface area contributed by atoms with Gasteiger partial charge >= 0.3 is 5.97 Å². The average Bonchev–Trinajstić information content (AvgIpc) is 2.47. The molecule has 1 heterocycles. The van der Waals surface area contributed by atoms with Crippen LogP contribution in [0, 0.1) is 0 Å². The van der Waals surface area contributed by atoms with Crippen LogP contribution in [0.5, 0.6) is 0 Å². The van der Waals surface area contributed by atoms with Gasteiger partial charge in [0.25, 0.3) is 0 Å². The fourth-order valence-corrected chi connectivity index (χ4v) is 2.97. The summed E-state index contributed by atoms with van der Waals surface area (Å²) in [5, 5.41) is 0. The van der Waals surface area contributed by atoms with Gasteiger partial charge in [0.15, 0.2) is 0 Å². The summed E-state index contributed by atoms with van der Waals surface area (Å²) >= 11 is 4.84. The van der Waals surface area contributed by atoms with Gasteiger partial charge in [-0.15, -0.1) is 11.3 Å². The molecule has 0 spiro atoms. The molecule has 15 heavy (non-hydrogen) atoms. The molecule has 2 nitrogen and oxygen atoms in total. The Bertz CT molecular complexity index is 363. The number of esters is 1. The molecule has 0 amide bonds.